The smallest absolute Gasteiger partial charge is 0.314 e. The average molecular weight is 546 g/mol. The van der Waals surface area contributed by atoms with Crippen molar-refractivity contribution >= 4 is 5.97 Å². The highest BCUT2D eigenvalue weighted by molar-refractivity contribution is 5.75. The number of nitrogens with zero attached hydrogens (tertiary/aromatic N) is 1. The van der Waals surface area contributed by atoms with E-state index in [0.29, 0.717) is 17.2 Å². The number of halogens is 1. The fourth-order valence-electron chi connectivity index (χ4n) is 4.96. The molecule has 0 saturated heterocycles. The number of rotatable bonds is 17. The molecule has 0 bridgehead atoms. The first-order valence-electron chi connectivity index (χ1n) is 15.4. The predicted octanol–water partition coefficient (Wildman–Crippen LogP) is 10.6. The average Bonchev–Trinajstić information content (AvgIpc) is 2.95. The number of ether oxygens (including phenoxy) is 1. The van der Waals surface area contributed by atoms with Gasteiger partial charge in [-0.1, -0.05) is 116 Å². The number of esters is 1. The highest BCUT2D eigenvalue weighted by Crippen LogP contribution is 2.28. The molecule has 3 rings (SSSR count). The number of pyridine rings is 1. The zero-order valence-corrected chi connectivity index (χ0v) is 25.1. The van der Waals surface area contributed by atoms with Gasteiger partial charge in [0.25, 0.3) is 0 Å². The van der Waals surface area contributed by atoms with Crippen LogP contribution in [0.1, 0.15) is 104 Å². The number of unbranched alkanes of at least 4 members (excludes halogenated alkanes) is 7. The van der Waals surface area contributed by atoms with E-state index in [1.807, 2.05) is 25.3 Å². The van der Waals surface area contributed by atoms with Gasteiger partial charge in [-0.2, -0.15) is 0 Å². The third kappa shape index (κ3) is 10.5. The first-order chi connectivity index (χ1) is 19.4. The van der Waals surface area contributed by atoms with Crippen LogP contribution in [-0.2, 0) is 11.2 Å². The van der Waals surface area contributed by atoms with Gasteiger partial charge >= 0.3 is 5.97 Å². The van der Waals surface area contributed by atoms with Gasteiger partial charge in [0.1, 0.15) is 0 Å². The third-order valence-electron chi connectivity index (χ3n) is 7.63. The summed E-state index contributed by atoms with van der Waals surface area (Å²) in [7, 11) is 0. The molecule has 0 N–H and O–H groups in total. The second kappa shape index (κ2) is 16.9. The molecule has 0 radical (unpaired) electrons. The molecule has 1 aromatic heterocycles. The van der Waals surface area contributed by atoms with Crippen molar-refractivity contribution in [2.75, 3.05) is 0 Å². The van der Waals surface area contributed by atoms with E-state index < -0.39 is 5.82 Å². The van der Waals surface area contributed by atoms with E-state index in [9.17, 15) is 9.18 Å². The molecule has 1 heterocycles. The van der Waals surface area contributed by atoms with Gasteiger partial charge in [0, 0.05) is 17.3 Å². The van der Waals surface area contributed by atoms with E-state index in [0.717, 1.165) is 36.8 Å². The Hall–Kier alpha value is -3.01. The number of benzene rings is 2. The van der Waals surface area contributed by atoms with Crippen molar-refractivity contribution in [3.8, 4) is 28.1 Å². The Bertz CT molecular complexity index is 1150. The molecule has 216 valence electrons. The summed E-state index contributed by atoms with van der Waals surface area (Å²) in [5, 5.41) is 0. The first kappa shape index (κ1) is 31.5. The van der Waals surface area contributed by atoms with E-state index in [4.69, 9.17) is 4.74 Å². The van der Waals surface area contributed by atoms with Crippen LogP contribution in [0.5, 0.6) is 5.75 Å². The summed E-state index contributed by atoms with van der Waals surface area (Å²) in [6, 6.07) is 17.3. The Kier molecular flexibility index (Phi) is 13.4. The fraction of sp³-hybridized carbons (Fsp3) is 0.500. The number of carbonyl (C=O) groups is 1. The molecule has 4 heteroatoms. The van der Waals surface area contributed by atoms with Gasteiger partial charge in [-0.15, -0.1) is 0 Å². The van der Waals surface area contributed by atoms with Crippen LogP contribution in [0.25, 0.3) is 22.4 Å². The Labute approximate surface area is 241 Å². The normalized spacial score (nSPS) is 12.1. The van der Waals surface area contributed by atoms with Crippen LogP contribution >= 0.6 is 0 Å². The quantitative estimate of drug-likeness (QED) is 0.0962. The van der Waals surface area contributed by atoms with Crippen LogP contribution in [0.4, 0.5) is 4.39 Å². The maximum Gasteiger partial charge on any atom is 0.314 e. The lowest BCUT2D eigenvalue weighted by Crippen LogP contribution is -2.18. The van der Waals surface area contributed by atoms with Crippen LogP contribution in [0.2, 0.25) is 0 Å². The van der Waals surface area contributed by atoms with Crippen molar-refractivity contribution < 1.29 is 13.9 Å². The molecule has 2 aromatic carbocycles. The summed E-state index contributed by atoms with van der Waals surface area (Å²) in [6.07, 6.45) is 16.4. The molecule has 3 aromatic rings. The molecule has 1 atom stereocenters. The molecule has 3 nitrogen and oxygen atoms in total. The minimum absolute atomic E-state index is 0.0341. The fourth-order valence-corrected chi connectivity index (χ4v) is 4.96. The number of aryl methyl sites for hydroxylation is 1. The van der Waals surface area contributed by atoms with Gasteiger partial charge < -0.3 is 4.74 Å². The van der Waals surface area contributed by atoms with Gasteiger partial charge in [-0.05, 0) is 60.6 Å². The number of hydrogen-bond acceptors (Lipinski definition) is 3. The van der Waals surface area contributed by atoms with Gasteiger partial charge in [0.2, 0.25) is 0 Å². The maximum absolute atomic E-state index is 14.8. The predicted molar refractivity (Wildman–Crippen MR) is 165 cm³/mol. The highest BCUT2D eigenvalue weighted by Gasteiger charge is 2.18. The van der Waals surface area contributed by atoms with Crippen LogP contribution in [0.3, 0.4) is 0 Å². The number of hydrogen-bond donors (Lipinski definition) is 0. The van der Waals surface area contributed by atoms with E-state index in [1.54, 1.807) is 6.07 Å². The van der Waals surface area contributed by atoms with Gasteiger partial charge in [-0.25, -0.2) is 4.39 Å². The molecule has 0 aliphatic heterocycles. The van der Waals surface area contributed by atoms with E-state index >= 15 is 0 Å². The monoisotopic (exact) mass is 545 g/mol. The van der Waals surface area contributed by atoms with E-state index in [-0.39, 0.29) is 17.6 Å². The SMILES string of the molecule is CCCCCCCCCCc1ccc(-c2ccc(-c3ccc(OC(=O)C(C)CCCC(C)C)c(F)c3)nc2)cc1. The highest BCUT2D eigenvalue weighted by atomic mass is 19.1. The van der Waals surface area contributed by atoms with Crippen LogP contribution in [0, 0.1) is 17.7 Å². The summed E-state index contributed by atoms with van der Waals surface area (Å²) in [5.41, 5.74) is 4.85. The summed E-state index contributed by atoms with van der Waals surface area (Å²) >= 11 is 0. The summed E-state index contributed by atoms with van der Waals surface area (Å²) in [5.74, 6) is -0.634. The van der Waals surface area contributed by atoms with Crippen molar-refractivity contribution in [3.63, 3.8) is 0 Å². The molecule has 40 heavy (non-hydrogen) atoms. The summed E-state index contributed by atoms with van der Waals surface area (Å²) in [4.78, 5) is 17.0. The molecule has 0 aliphatic carbocycles. The molecule has 0 amide bonds. The molecule has 0 saturated carbocycles. The van der Waals surface area contributed by atoms with Crippen LogP contribution in [0.15, 0.2) is 60.8 Å². The summed E-state index contributed by atoms with van der Waals surface area (Å²) < 4.78 is 20.2. The molecule has 1 unspecified atom stereocenters. The van der Waals surface area contributed by atoms with Crippen molar-refractivity contribution in [2.24, 2.45) is 11.8 Å². The molecule has 0 spiro atoms. The number of aromatic nitrogens is 1. The standard InChI is InChI=1S/C36H48FNO2/c1-5-6-7-8-9-10-11-12-16-29-17-19-30(20-18-29)32-21-23-34(38-26-32)31-22-24-35(33(37)25-31)40-36(39)28(4)15-13-14-27(2)3/h17-28H,5-16H2,1-4H3. The Morgan fingerprint density at radius 3 is 2.05 bits per heavy atom. The lowest BCUT2D eigenvalue weighted by Gasteiger charge is -2.13. The van der Waals surface area contributed by atoms with Crippen molar-refractivity contribution in [3.05, 3.63) is 72.2 Å². The molecule has 0 aliphatic rings. The van der Waals surface area contributed by atoms with Crippen LogP contribution in [-0.4, -0.2) is 11.0 Å². The molecular formula is C36H48FNO2. The number of carbonyl (C=O) groups excluding carboxylic acids is 1. The third-order valence-corrected chi connectivity index (χ3v) is 7.63. The molecule has 0 fully saturated rings. The van der Waals surface area contributed by atoms with Gasteiger partial charge in [-0.3, -0.25) is 9.78 Å². The van der Waals surface area contributed by atoms with Gasteiger partial charge in [0.05, 0.1) is 11.6 Å². The minimum Gasteiger partial charge on any atom is -0.423 e. The lowest BCUT2D eigenvalue weighted by atomic mass is 10.00. The van der Waals surface area contributed by atoms with Crippen molar-refractivity contribution in [1.82, 2.24) is 4.98 Å². The van der Waals surface area contributed by atoms with E-state index in [1.165, 1.54) is 69.1 Å². The Morgan fingerprint density at radius 1 is 0.775 bits per heavy atom. The second-order valence-electron chi connectivity index (χ2n) is 11.6. The summed E-state index contributed by atoms with van der Waals surface area (Å²) in [6.45, 7) is 8.43. The minimum atomic E-state index is -0.557. The van der Waals surface area contributed by atoms with E-state index in [2.05, 4.69) is 50.0 Å². The Morgan fingerprint density at radius 2 is 1.43 bits per heavy atom. The second-order valence-corrected chi connectivity index (χ2v) is 11.6. The Balaban J connectivity index is 1.49. The zero-order valence-electron chi connectivity index (χ0n) is 25.1. The maximum atomic E-state index is 14.8. The van der Waals surface area contributed by atoms with Crippen molar-refractivity contribution in [1.29, 1.82) is 0 Å². The van der Waals surface area contributed by atoms with Crippen molar-refractivity contribution in [2.45, 2.75) is 105 Å². The zero-order chi connectivity index (χ0) is 28.7. The lowest BCUT2D eigenvalue weighted by molar-refractivity contribution is -0.138. The van der Waals surface area contributed by atoms with Crippen LogP contribution < -0.4 is 4.74 Å². The first-order valence-corrected chi connectivity index (χ1v) is 15.4. The molecular weight excluding hydrogens is 497 g/mol. The van der Waals surface area contributed by atoms with Gasteiger partial charge in [0.15, 0.2) is 11.6 Å². The topological polar surface area (TPSA) is 39.2 Å². The largest absolute Gasteiger partial charge is 0.423 e.